The Balaban J connectivity index is 2.81. The molecule has 1 aliphatic heterocycles. The number of esters is 2. The number of aliphatic hydroxyl groups excluding tert-OH is 1. The summed E-state index contributed by atoms with van der Waals surface area (Å²) in [4.78, 5) is 37.1. The van der Waals surface area contributed by atoms with Crippen molar-refractivity contribution >= 4 is 29.3 Å². The number of aliphatic hydroxyl groups is 1. The molecule has 1 unspecified atom stereocenters. The van der Waals surface area contributed by atoms with E-state index < -0.39 is 29.8 Å². The van der Waals surface area contributed by atoms with Gasteiger partial charge in [0.15, 0.2) is 11.8 Å². The highest BCUT2D eigenvalue weighted by Gasteiger charge is 2.42. The number of anilines is 1. The molecule has 1 atom stereocenters. The Kier molecular flexibility index (Phi) is 5.28. The molecule has 25 heavy (non-hydrogen) atoms. The molecule has 134 valence electrons. The number of carbonyl (C=O) groups is 3. The lowest BCUT2D eigenvalue weighted by molar-refractivity contribution is -0.144. The van der Waals surface area contributed by atoms with Crippen molar-refractivity contribution in [1.29, 1.82) is 0 Å². The predicted octanol–water partition coefficient (Wildman–Crippen LogP) is 0.700. The summed E-state index contributed by atoms with van der Waals surface area (Å²) in [7, 11) is 4.73. The summed E-state index contributed by atoms with van der Waals surface area (Å²) in [5.74, 6) is -1.63. The monoisotopic (exact) mass is 351 g/mol. The lowest BCUT2D eigenvalue weighted by atomic mass is 10.00. The van der Waals surface area contributed by atoms with Gasteiger partial charge in [-0.3, -0.25) is 0 Å². The Labute approximate surface area is 143 Å². The second-order valence-electron chi connectivity index (χ2n) is 4.87. The number of benzene rings is 1. The second kappa shape index (κ2) is 7.22. The van der Waals surface area contributed by atoms with Crippen LogP contribution in [0.15, 0.2) is 23.8 Å². The molecule has 0 aromatic heterocycles. The zero-order chi connectivity index (χ0) is 18.7. The molecule has 0 spiro atoms. The van der Waals surface area contributed by atoms with Gasteiger partial charge in [0.1, 0.15) is 5.75 Å². The number of carbonyl (C=O) groups excluding carboxylic acids is 3. The van der Waals surface area contributed by atoms with Crippen LogP contribution in [-0.4, -0.2) is 57.8 Å². The molecule has 1 amide bonds. The number of ether oxygens (including phenoxy) is 4. The van der Waals surface area contributed by atoms with Crippen LogP contribution in [0.1, 0.15) is 5.56 Å². The van der Waals surface area contributed by atoms with Crippen LogP contribution in [0.2, 0.25) is 0 Å². The molecule has 9 heteroatoms. The zero-order valence-electron chi connectivity index (χ0n) is 14.1. The van der Waals surface area contributed by atoms with Crippen molar-refractivity contribution in [2.75, 3.05) is 33.3 Å². The van der Waals surface area contributed by atoms with E-state index in [-0.39, 0.29) is 16.8 Å². The highest BCUT2D eigenvalue weighted by atomic mass is 16.6. The molecule has 0 fully saturated rings. The molecule has 0 bridgehead atoms. The van der Waals surface area contributed by atoms with Crippen LogP contribution in [0.4, 0.5) is 10.5 Å². The van der Waals surface area contributed by atoms with Crippen LogP contribution < -0.4 is 9.64 Å². The van der Waals surface area contributed by atoms with Crippen molar-refractivity contribution in [3.63, 3.8) is 0 Å². The Hall–Kier alpha value is -3.07. The fourth-order valence-electron chi connectivity index (χ4n) is 2.54. The third-order valence-electron chi connectivity index (χ3n) is 3.68. The van der Waals surface area contributed by atoms with Gasteiger partial charge in [0, 0.05) is 11.1 Å². The minimum atomic E-state index is -1.65. The van der Waals surface area contributed by atoms with Crippen LogP contribution in [0.3, 0.4) is 0 Å². The fourth-order valence-corrected chi connectivity index (χ4v) is 2.54. The van der Waals surface area contributed by atoms with Crippen molar-refractivity contribution in [1.82, 2.24) is 0 Å². The first kappa shape index (κ1) is 18.3. The van der Waals surface area contributed by atoms with E-state index in [1.807, 2.05) is 0 Å². The number of fused-ring (bicyclic) bond motifs is 1. The van der Waals surface area contributed by atoms with Crippen molar-refractivity contribution in [2.24, 2.45) is 0 Å². The van der Waals surface area contributed by atoms with Crippen molar-refractivity contribution < 1.29 is 38.4 Å². The molecule has 2 rings (SSSR count). The molecular weight excluding hydrogens is 334 g/mol. The summed E-state index contributed by atoms with van der Waals surface area (Å²) in [6.45, 7) is 0. The molecule has 0 saturated heterocycles. The third kappa shape index (κ3) is 3.01. The van der Waals surface area contributed by atoms with E-state index in [1.54, 1.807) is 6.07 Å². The second-order valence-corrected chi connectivity index (χ2v) is 4.87. The van der Waals surface area contributed by atoms with E-state index >= 15 is 0 Å². The van der Waals surface area contributed by atoms with E-state index in [0.717, 1.165) is 26.2 Å². The Morgan fingerprint density at radius 3 is 2.08 bits per heavy atom. The maximum atomic E-state index is 12.1. The lowest BCUT2D eigenvalue weighted by Gasteiger charge is -2.20. The normalized spacial score (nSPS) is 15.3. The number of hydrogen-bond donors (Lipinski definition) is 1. The van der Waals surface area contributed by atoms with Gasteiger partial charge < -0.3 is 24.1 Å². The number of amides is 1. The van der Waals surface area contributed by atoms with Gasteiger partial charge in [0.05, 0.1) is 34.1 Å². The lowest BCUT2D eigenvalue weighted by Crippen LogP contribution is -2.38. The molecule has 1 aromatic rings. The Morgan fingerprint density at radius 1 is 1.00 bits per heavy atom. The summed E-state index contributed by atoms with van der Waals surface area (Å²) in [6.07, 6.45) is -2.52. The van der Waals surface area contributed by atoms with Gasteiger partial charge in [-0.2, -0.15) is 0 Å². The smallest absolute Gasteiger partial charge is 0.416 e. The van der Waals surface area contributed by atoms with Gasteiger partial charge in [-0.25, -0.2) is 19.3 Å². The quantitative estimate of drug-likeness (QED) is 0.278. The Morgan fingerprint density at radius 2 is 1.60 bits per heavy atom. The van der Waals surface area contributed by atoms with Crippen molar-refractivity contribution in [2.45, 2.75) is 6.23 Å². The SMILES string of the molecule is COC(=O)C(C(=O)OC)=C1c2cc(OC)ccc2N(C(=O)OC)C1O. The summed E-state index contributed by atoms with van der Waals surface area (Å²) in [6, 6.07) is 4.52. The first-order valence-corrected chi connectivity index (χ1v) is 7.05. The molecule has 1 heterocycles. The van der Waals surface area contributed by atoms with Crippen molar-refractivity contribution in [3.05, 3.63) is 29.3 Å². The minimum Gasteiger partial charge on any atom is -0.497 e. The van der Waals surface area contributed by atoms with Crippen LogP contribution in [0, 0.1) is 0 Å². The molecule has 9 nitrogen and oxygen atoms in total. The van der Waals surface area contributed by atoms with Crippen LogP contribution in [-0.2, 0) is 23.8 Å². The molecule has 0 saturated carbocycles. The van der Waals surface area contributed by atoms with Gasteiger partial charge in [-0.1, -0.05) is 0 Å². The van der Waals surface area contributed by atoms with E-state index in [2.05, 4.69) is 14.2 Å². The van der Waals surface area contributed by atoms with Gasteiger partial charge >= 0.3 is 18.0 Å². The van der Waals surface area contributed by atoms with Crippen LogP contribution in [0.25, 0.3) is 5.57 Å². The summed E-state index contributed by atoms with van der Waals surface area (Å²) < 4.78 is 19.0. The van der Waals surface area contributed by atoms with E-state index in [0.29, 0.717) is 5.75 Å². The van der Waals surface area contributed by atoms with E-state index in [4.69, 9.17) is 4.74 Å². The van der Waals surface area contributed by atoms with Gasteiger partial charge in [0.25, 0.3) is 0 Å². The van der Waals surface area contributed by atoms with Gasteiger partial charge in [0.2, 0.25) is 0 Å². The number of hydrogen-bond acceptors (Lipinski definition) is 8. The minimum absolute atomic E-state index is 0.141. The average Bonchev–Trinajstić information content (AvgIpc) is 2.92. The molecule has 1 aliphatic rings. The Bertz CT molecular complexity index is 737. The highest BCUT2D eigenvalue weighted by molar-refractivity contribution is 6.22. The van der Waals surface area contributed by atoms with E-state index in [1.165, 1.54) is 19.2 Å². The zero-order valence-corrected chi connectivity index (χ0v) is 14.1. The molecular formula is C16H17NO8. The van der Waals surface area contributed by atoms with Gasteiger partial charge in [-0.15, -0.1) is 0 Å². The number of rotatable bonds is 3. The van der Waals surface area contributed by atoms with Crippen LogP contribution in [0.5, 0.6) is 5.75 Å². The molecule has 1 aromatic carbocycles. The third-order valence-corrected chi connectivity index (χ3v) is 3.68. The topological polar surface area (TPSA) is 112 Å². The molecule has 1 N–H and O–H groups in total. The number of nitrogens with zero attached hydrogens (tertiary/aromatic N) is 1. The first-order chi connectivity index (χ1) is 11.9. The summed E-state index contributed by atoms with van der Waals surface area (Å²) in [5.41, 5.74) is -0.195. The van der Waals surface area contributed by atoms with Crippen LogP contribution >= 0.6 is 0 Å². The van der Waals surface area contributed by atoms with E-state index in [9.17, 15) is 19.5 Å². The highest BCUT2D eigenvalue weighted by Crippen LogP contribution is 2.43. The molecule has 0 radical (unpaired) electrons. The predicted molar refractivity (Wildman–Crippen MR) is 84.8 cm³/mol. The standard InChI is InChI=1S/C16H17NO8/c1-22-8-5-6-10-9(7-8)11(13(18)17(10)16(21)25-4)12(14(19)23-2)15(20)24-3/h5-7,13,18H,1-4H3. The maximum absolute atomic E-state index is 12.1. The molecule has 0 aliphatic carbocycles. The average molecular weight is 351 g/mol. The maximum Gasteiger partial charge on any atom is 0.416 e. The largest absolute Gasteiger partial charge is 0.497 e. The fraction of sp³-hybridized carbons (Fsp3) is 0.312. The summed E-state index contributed by atoms with van der Waals surface area (Å²) >= 11 is 0. The summed E-state index contributed by atoms with van der Waals surface area (Å²) in [5, 5.41) is 10.6. The van der Waals surface area contributed by atoms with Gasteiger partial charge in [-0.05, 0) is 18.2 Å². The number of methoxy groups -OCH3 is 4. The first-order valence-electron chi connectivity index (χ1n) is 7.05. The van der Waals surface area contributed by atoms with Crippen molar-refractivity contribution in [3.8, 4) is 5.75 Å².